The topological polar surface area (TPSA) is 59.1 Å². The number of nitrogens with two attached hydrogens (primary N) is 1. The molecule has 0 aliphatic heterocycles. The zero-order valence-electron chi connectivity index (χ0n) is 10.4. The minimum Gasteiger partial charge on any atom is -0.385 e. The van der Waals surface area contributed by atoms with Crippen molar-refractivity contribution >= 4 is 11.6 Å². The molecule has 3 rings (SSSR count). The number of fused-ring (bicyclic) bond motifs is 1. The van der Waals surface area contributed by atoms with Gasteiger partial charge in [-0.1, -0.05) is 35.9 Å². The van der Waals surface area contributed by atoms with Gasteiger partial charge in [0.15, 0.2) is 0 Å². The fourth-order valence-electron chi connectivity index (χ4n) is 2.86. The van der Waals surface area contributed by atoms with Gasteiger partial charge in [-0.3, -0.25) is 4.98 Å². The molecule has 0 saturated carbocycles. The number of hydrogen-bond donors (Lipinski definition) is 2. The average molecular weight is 275 g/mol. The van der Waals surface area contributed by atoms with E-state index >= 15 is 0 Å². The van der Waals surface area contributed by atoms with Crippen LogP contribution in [-0.2, 0) is 12.0 Å². The third kappa shape index (κ3) is 2.14. The second-order valence-electron chi connectivity index (χ2n) is 5.07. The van der Waals surface area contributed by atoms with Crippen LogP contribution in [0.4, 0.5) is 0 Å². The summed E-state index contributed by atoms with van der Waals surface area (Å²) in [5.41, 5.74) is 7.99. The molecule has 0 fully saturated rings. The lowest BCUT2D eigenvalue weighted by molar-refractivity contribution is 0.0342. The Morgan fingerprint density at radius 1 is 1.37 bits per heavy atom. The van der Waals surface area contributed by atoms with E-state index in [2.05, 4.69) is 4.98 Å². The molecule has 0 spiro atoms. The number of hydrogen-bond acceptors (Lipinski definition) is 3. The van der Waals surface area contributed by atoms with Gasteiger partial charge in [-0.15, -0.1) is 0 Å². The molecule has 3 N–H and O–H groups in total. The molecule has 0 bridgehead atoms. The molecule has 1 heterocycles. The predicted octanol–water partition coefficient (Wildman–Crippen LogP) is 2.57. The van der Waals surface area contributed by atoms with E-state index in [0.717, 1.165) is 16.7 Å². The fraction of sp³-hybridized carbons (Fsp3) is 0.267. The Balaban J connectivity index is 2.00. The van der Waals surface area contributed by atoms with Crippen LogP contribution in [0.15, 0.2) is 42.7 Å². The molecule has 0 amide bonds. The van der Waals surface area contributed by atoms with Crippen LogP contribution in [-0.4, -0.2) is 10.1 Å². The normalized spacial score (nSPS) is 25.3. The summed E-state index contributed by atoms with van der Waals surface area (Å²) >= 11 is 6.12. The fourth-order valence-corrected chi connectivity index (χ4v) is 3.04. The summed E-state index contributed by atoms with van der Waals surface area (Å²) < 4.78 is 0. The zero-order chi connectivity index (χ0) is 13.5. The number of rotatable bonds is 2. The van der Waals surface area contributed by atoms with Gasteiger partial charge in [0.25, 0.3) is 0 Å². The highest BCUT2D eigenvalue weighted by molar-refractivity contribution is 6.31. The summed E-state index contributed by atoms with van der Waals surface area (Å²) in [4.78, 5) is 3.96. The second kappa shape index (κ2) is 4.60. The van der Waals surface area contributed by atoms with Crippen molar-refractivity contribution in [1.29, 1.82) is 0 Å². The molecule has 3 nitrogen and oxygen atoms in total. The Morgan fingerprint density at radius 3 is 2.95 bits per heavy atom. The van der Waals surface area contributed by atoms with E-state index in [0.29, 0.717) is 17.9 Å². The van der Waals surface area contributed by atoms with Crippen LogP contribution in [0.2, 0.25) is 5.02 Å². The number of aromatic nitrogens is 1. The first-order valence-electron chi connectivity index (χ1n) is 6.26. The maximum Gasteiger partial charge on any atom is 0.0958 e. The van der Waals surface area contributed by atoms with Gasteiger partial charge in [-0.2, -0.15) is 0 Å². The molecule has 1 aromatic carbocycles. The minimum absolute atomic E-state index is 0.123. The minimum atomic E-state index is -0.943. The molecule has 0 saturated heterocycles. The molecule has 0 radical (unpaired) electrons. The highest BCUT2D eigenvalue weighted by Gasteiger charge is 2.41. The van der Waals surface area contributed by atoms with Crippen molar-refractivity contribution < 1.29 is 5.11 Å². The smallest absolute Gasteiger partial charge is 0.0958 e. The van der Waals surface area contributed by atoms with Gasteiger partial charge in [0.1, 0.15) is 0 Å². The zero-order valence-corrected chi connectivity index (χ0v) is 11.1. The van der Waals surface area contributed by atoms with E-state index < -0.39 is 5.60 Å². The third-order valence-electron chi connectivity index (χ3n) is 3.76. The van der Waals surface area contributed by atoms with Gasteiger partial charge in [0.2, 0.25) is 0 Å². The second-order valence-corrected chi connectivity index (χ2v) is 5.48. The van der Waals surface area contributed by atoms with Crippen LogP contribution in [0.5, 0.6) is 0 Å². The van der Waals surface area contributed by atoms with Gasteiger partial charge in [-0.05, 0) is 29.2 Å². The van der Waals surface area contributed by atoms with E-state index in [1.54, 1.807) is 12.4 Å². The van der Waals surface area contributed by atoms with Crippen molar-refractivity contribution in [3.8, 4) is 0 Å². The van der Waals surface area contributed by atoms with Crippen LogP contribution in [0.3, 0.4) is 0 Å². The lowest BCUT2D eigenvalue weighted by Gasteiger charge is -2.24. The molecule has 19 heavy (non-hydrogen) atoms. The number of nitrogens with zero attached hydrogens (tertiary/aromatic N) is 1. The molecular weight excluding hydrogens is 260 g/mol. The Morgan fingerprint density at radius 2 is 2.16 bits per heavy atom. The Kier molecular flexibility index (Phi) is 3.05. The summed E-state index contributed by atoms with van der Waals surface area (Å²) in [7, 11) is 0. The maximum absolute atomic E-state index is 10.9. The van der Waals surface area contributed by atoms with Gasteiger partial charge in [-0.25, -0.2) is 0 Å². The monoisotopic (exact) mass is 274 g/mol. The third-order valence-corrected chi connectivity index (χ3v) is 4.10. The van der Waals surface area contributed by atoms with E-state index in [-0.39, 0.29) is 6.04 Å². The maximum atomic E-state index is 10.9. The van der Waals surface area contributed by atoms with Crippen molar-refractivity contribution in [2.75, 3.05) is 0 Å². The van der Waals surface area contributed by atoms with Crippen LogP contribution < -0.4 is 5.73 Å². The number of benzene rings is 1. The summed E-state index contributed by atoms with van der Waals surface area (Å²) in [6.45, 7) is 0. The first kappa shape index (κ1) is 12.6. The van der Waals surface area contributed by atoms with Crippen molar-refractivity contribution in [1.82, 2.24) is 4.98 Å². The van der Waals surface area contributed by atoms with Crippen molar-refractivity contribution in [2.24, 2.45) is 5.73 Å². The highest BCUT2D eigenvalue weighted by Crippen LogP contribution is 2.44. The molecule has 1 aliphatic rings. The number of aliphatic hydroxyl groups is 1. The van der Waals surface area contributed by atoms with E-state index in [1.165, 1.54) is 0 Å². The molecule has 4 heteroatoms. The summed E-state index contributed by atoms with van der Waals surface area (Å²) in [6, 6.07) is 9.51. The quantitative estimate of drug-likeness (QED) is 0.885. The Bertz CT molecular complexity index is 617. The SMILES string of the molecule is NC1CC(O)(Cc2ccncc2Cl)c2ccccc21. The lowest BCUT2D eigenvalue weighted by atomic mass is 9.89. The molecule has 2 aromatic rings. The first-order chi connectivity index (χ1) is 9.10. The number of halogens is 1. The molecule has 2 unspecified atom stereocenters. The van der Waals surface area contributed by atoms with Crippen LogP contribution in [0.25, 0.3) is 0 Å². The highest BCUT2D eigenvalue weighted by atomic mass is 35.5. The average Bonchev–Trinajstić information content (AvgIpc) is 2.65. The predicted molar refractivity (Wildman–Crippen MR) is 74.8 cm³/mol. The van der Waals surface area contributed by atoms with Gasteiger partial charge in [0.05, 0.1) is 10.6 Å². The van der Waals surface area contributed by atoms with E-state index in [9.17, 15) is 5.11 Å². The van der Waals surface area contributed by atoms with Crippen LogP contribution >= 0.6 is 11.6 Å². The van der Waals surface area contributed by atoms with E-state index in [4.69, 9.17) is 17.3 Å². The molecule has 2 atom stereocenters. The molecule has 1 aliphatic carbocycles. The van der Waals surface area contributed by atoms with Crippen LogP contribution in [0.1, 0.15) is 29.2 Å². The molecule has 1 aromatic heterocycles. The Labute approximate surface area is 117 Å². The number of pyridine rings is 1. The largest absolute Gasteiger partial charge is 0.385 e. The van der Waals surface area contributed by atoms with Crippen molar-refractivity contribution in [3.05, 3.63) is 64.4 Å². The van der Waals surface area contributed by atoms with Crippen LogP contribution in [0, 0.1) is 0 Å². The molecule has 98 valence electrons. The first-order valence-corrected chi connectivity index (χ1v) is 6.64. The summed E-state index contributed by atoms with van der Waals surface area (Å²) in [6.07, 6.45) is 4.26. The van der Waals surface area contributed by atoms with Gasteiger partial charge < -0.3 is 10.8 Å². The summed E-state index contributed by atoms with van der Waals surface area (Å²) in [5.74, 6) is 0. The van der Waals surface area contributed by atoms with Crippen molar-refractivity contribution in [3.63, 3.8) is 0 Å². The molecular formula is C15H15ClN2O. The standard InChI is InChI=1S/C15H15ClN2O/c16-13-9-18-6-5-10(13)7-15(19)8-14(17)11-3-1-2-4-12(11)15/h1-6,9,14,19H,7-8,17H2. The van der Waals surface area contributed by atoms with E-state index in [1.807, 2.05) is 30.3 Å². The Hall–Kier alpha value is -1.42. The van der Waals surface area contributed by atoms with Crippen molar-refractivity contribution in [2.45, 2.75) is 24.5 Å². The summed E-state index contributed by atoms with van der Waals surface area (Å²) in [5, 5.41) is 11.5. The van der Waals surface area contributed by atoms with Gasteiger partial charge >= 0.3 is 0 Å². The van der Waals surface area contributed by atoms with Gasteiger partial charge in [0, 0.05) is 24.9 Å². The lowest BCUT2D eigenvalue weighted by Crippen LogP contribution is -2.26.